The second kappa shape index (κ2) is 5.81. The number of hydrogen-bond donors (Lipinski definition) is 2. The highest BCUT2D eigenvalue weighted by molar-refractivity contribution is 6.35. The summed E-state index contributed by atoms with van der Waals surface area (Å²) in [6, 6.07) is 5.04. The smallest absolute Gasteiger partial charge is 0.319 e. The molecule has 2 atom stereocenters. The Labute approximate surface area is 117 Å². The van der Waals surface area contributed by atoms with Crippen LogP contribution in [0.25, 0.3) is 0 Å². The van der Waals surface area contributed by atoms with Crippen LogP contribution in [0.3, 0.4) is 0 Å². The molecule has 1 aliphatic rings. The molecule has 1 aliphatic carbocycles. The summed E-state index contributed by atoms with van der Waals surface area (Å²) in [6.45, 7) is 2.20. The minimum atomic E-state index is -0.201. The first-order chi connectivity index (χ1) is 8.52. The number of nitrogens with one attached hydrogen (secondary N) is 2. The van der Waals surface area contributed by atoms with Crippen molar-refractivity contribution in [3.8, 4) is 0 Å². The second-order valence-electron chi connectivity index (χ2n) is 4.87. The molecule has 2 rings (SSSR count). The van der Waals surface area contributed by atoms with Gasteiger partial charge in [-0.3, -0.25) is 0 Å². The van der Waals surface area contributed by atoms with Crippen molar-refractivity contribution in [1.82, 2.24) is 5.32 Å². The fourth-order valence-electron chi connectivity index (χ4n) is 2.32. The first-order valence-electron chi connectivity index (χ1n) is 6.06. The van der Waals surface area contributed by atoms with Gasteiger partial charge in [-0.2, -0.15) is 0 Å². The summed E-state index contributed by atoms with van der Waals surface area (Å²) in [5, 5.41) is 6.72. The van der Waals surface area contributed by atoms with Crippen molar-refractivity contribution in [1.29, 1.82) is 0 Å². The highest BCUT2D eigenvalue weighted by atomic mass is 35.5. The zero-order valence-electron chi connectivity index (χ0n) is 10.2. The van der Waals surface area contributed by atoms with Crippen LogP contribution in [-0.2, 0) is 0 Å². The molecule has 1 fully saturated rings. The lowest BCUT2D eigenvalue weighted by atomic mass is 10.1. The van der Waals surface area contributed by atoms with Gasteiger partial charge in [0.1, 0.15) is 0 Å². The zero-order valence-corrected chi connectivity index (χ0v) is 11.7. The minimum Gasteiger partial charge on any atom is -0.335 e. The Morgan fingerprint density at radius 3 is 2.44 bits per heavy atom. The average molecular weight is 287 g/mol. The van der Waals surface area contributed by atoms with Crippen molar-refractivity contribution >= 4 is 34.9 Å². The monoisotopic (exact) mass is 286 g/mol. The summed E-state index contributed by atoms with van der Waals surface area (Å²) in [5.41, 5.74) is 0.607. The first-order valence-corrected chi connectivity index (χ1v) is 6.82. The van der Waals surface area contributed by atoms with Crippen molar-refractivity contribution in [3.05, 3.63) is 28.2 Å². The van der Waals surface area contributed by atoms with Crippen molar-refractivity contribution in [2.75, 3.05) is 5.32 Å². The molecule has 3 nitrogen and oxygen atoms in total. The molecule has 0 heterocycles. The molecule has 98 valence electrons. The van der Waals surface area contributed by atoms with Gasteiger partial charge < -0.3 is 10.6 Å². The largest absolute Gasteiger partial charge is 0.335 e. The molecule has 5 heteroatoms. The Bertz CT molecular complexity index is 430. The lowest BCUT2D eigenvalue weighted by molar-refractivity contribution is 0.248. The molecule has 0 aliphatic heterocycles. The van der Waals surface area contributed by atoms with Gasteiger partial charge in [-0.05, 0) is 43.4 Å². The van der Waals surface area contributed by atoms with Crippen molar-refractivity contribution in [2.24, 2.45) is 5.92 Å². The molecule has 1 aromatic carbocycles. The van der Waals surface area contributed by atoms with Gasteiger partial charge >= 0.3 is 6.03 Å². The molecule has 1 saturated carbocycles. The predicted octanol–water partition coefficient (Wildman–Crippen LogP) is 4.30. The molecule has 0 saturated heterocycles. The SMILES string of the molecule is CC1CCC(NC(=O)Nc2cc(Cl)cc(Cl)c2)C1. The summed E-state index contributed by atoms with van der Waals surface area (Å²) in [7, 11) is 0. The summed E-state index contributed by atoms with van der Waals surface area (Å²) in [5.74, 6) is 0.691. The van der Waals surface area contributed by atoms with Gasteiger partial charge in [-0.25, -0.2) is 4.79 Å². The third-order valence-electron chi connectivity index (χ3n) is 3.15. The van der Waals surface area contributed by atoms with E-state index in [1.165, 1.54) is 6.42 Å². The maximum atomic E-state index is 11.8. The number of benzene rings is 1. The van der Waals surface area contributed by atoms with E-state index in [1.807, 2.05) is 0 Å². The number of anilines is 1. The third-order valence-corrected chi connectivity index (χ3v) is 3.59. The second-order valence-corrected chi connectivity index (χ2v) is 5.74. The number of urea groups is 1. The van der Waals surface area contributed by atoms with E-state index in [9.17, 15) is 4.79 Å². The molecule has 0 spiro atoms. The molecule has 2 unspecified atom stereocenters. The predicted molar refractivity (Wildman–Crippen MR) is 75.4 cm³/mol. The van der Waals surface area contributed by atoms with Crippen molar-refractivity contribution < 1.29 is 4.79 Å². The van der Waals surface area contributed by atoms with Gasteiger partial charge in [0.2, 0.25) is 0 Å². The highest BCUT2D eigenvalue weighted by Gasteiger charge is 2.22. The van der Waals surface area contributed by atoms with Crippen LogP contribution in [0.2, 0.25) is 10.0 Å². The van der Waals surface area contributed by atoms with Crippen LogP contribution in [0.15, 0.2) is 18.2 Å². The van der Waals surface area contributed by atoms with Crippen molar-refractivity contribution in [3.63, 3.8) is 0 Å². The molecule has 2 N–H and O–H groups in total. The fraction of sp³-hybridized carbons (Fsp3) is 0.462. The molecule has 0 bridgehead atoms. The standard InChI is InChI=1S/C13H16Cl2N2O/c1-8-2-3-11(4-8)16-13(18)17-12-6-9(14)5-10(15)7-12/h5-8,11H,2-4H2,1H3,(H2,16,17,18). The van der Waals surface area contributed by atoms with E-state index in [-0.39, 0.29) is 12.1 Å². The molecular weight excluding hydrogens is 271 g/mol. The van der Waals surface area contributed by atoms with Crippen LogP contribution in [0.5, 0.6) is 0 Å². The lowest BCUT2D eigenvalue weighted by Gasteiger charge is -2.13. The summed E-state index contributed by atoms with van der Waals surface area (Å²) < 4.78 is 0. The molecule has 2 amide bonds. The van der Waals surface area contributed by atoms with Gasteiger partial charge in [0.15, 0.2) is 0 Å². The maximum Gasteiger partial charge on any atom is 0.319 e. The van der Waals surface area contributed by atoms with Gasteiger partial charge in [-0.1, -0.05) is 30.1 Å². The summed E-state index contributed by atoms with van der Waals surface area (Å²) >= 11 is 11.7. The van der Waals surface area contributed by atoms with E-state index in [2.05, 4.69) is 17.6 Å². The Kier molecular flexibility index (Phi) is 4.36. The number of hydrogen-bond acceptors (Lipinski definition) is 1. The van der Waals surface area contributed by atoms with E-state index in [1.54, 1.807) is 18.2 Å². The van der Waals surface area contributed by atoms with Crippen LogP contribution < -0.4 is 10.6 Å². The van der Waals surface area contributed by atoms with Crippen LogP contribution >= 0.6 is 23.2 Å². The molecule has 0 radical (unpaired) electrons. The van der Waals surface area contributed by atoms with Crippen molar-refractivity contribution in [2.45, 2.75) is 32.2 Å². The number of amides is 2. The van der Waals surface area contributed by atoms with Gasteiger partial charge in [0.05, 0.1) is 0 Å². The summed E-state index contributed by atoms with van der Waals surface area (Å²) in [4.78, 5) is 11.8. The number of halogens is 2. The topological polar surface area (TPSA) is 41.1 Å². The third kappa shape index (κ3) is 3.79. The van der Waals surface area contributed by atoms with E-state index >= 15 is 0 Å². The zero-order chi connectivity index (χ0) is 13.1. The average Bonchev–Trinajstić information content (AvgIpc) is 2.61. The Balaban J connectivity index is 1.90. The molecule has 18 heavy (non-hydrogen) atoms. The van der Waals surface area contributed by atoms with Crippen LogP contribution in [0, 0.1) is 5.92 Å². The Morgan fingerprint density at radius 1 is 1.22 bits per heavy atom. The number of carbonyl (C=O) groups excluding carboxylic acids is 1. The number of carbonyl (C=O) groups is 1. The first kappa shape index (κ1) is 13.5. The normalized spacial score (nSPS) is 22.8. The van der Waals surface area contributed by atoms with Crippen LogP contribution in [0.4, 0.5) is 10.5 Å². The van der Waals surface area contributed by atoms with Crippen LogP contribution in [0.1, 0.15) is 26.2 Å². The van der Waals surface area contributed by atoms with Gasteiger partial charge in [0.25, 0.3) is 0 Å². The maximum absolute atomic E-state index is 11.8. The minimum absolute atomic E-state index is 0.201. The molecule has 0 aromatic heterocycles. The number of rotatable bonds is 2. The Hall–Kier alpha value is -0.930. The lowest BCUT2D eigenvalue weighted by Crippen LogP contribution is -2.36. The molecule has 1 aromatic rings. The highest BCUT2D eigenvalue weighted by Crippen LogP contribution is 2.25. The Morgan fingerprint density at radius 2 is 1.89 bits per heavy atom. The summed E-state index contributed by atoms with van der Waals surface area (Å²) in [6.07, 6.45) is 3.27. The van der Waals surface area contributed by atoms with E-state index in [0.717, 1.165) is 12.8 Å². The van der Waals surface area contributed by atoms with E-state index in [0.29, 0.717) is 21.7 Å². The molecular formula is C13H16Cl2N2O. The van der Waals surface area contributed by atoms with Gasteiger partial charge in [0, 0.05) is 21.8 Å². The van der Waals surface area contributed by atoms with E-state index in [4.69, 9.17) is 23.2 Å². The van der Waals surface area contributed by atoms with E-state index < -0.39 is 0 Å². The quantitative estimate of drug-likeness (QED) is 0.836. The van der Waals surface area contributed by atoms with Gasteiger partial charge in [-0.15, -0.1) is 0 Å². The fourth-order valence-corrected chi connectivity index (χ4v) is 2.84. The van der Waals surface area contributed by atoms with Crippen LogP contribution in [-0.4, -0.2) is 12.1 Å².